The van der Waals surface area contributed by atoms with Crippen LogP contribution >= 0.6 is 11.8 Å². The Morgan fingerprint density at radius 1 is 1.27 bits per heavy atom. The molecule has 2 fully saturated rings. The van der Waals surface area contributed by atoms with Gasteiger partial charge in [-0.15, -0.1) is 10.2 Å². The molecule has 2 aromatic rings. The molecule has 0 bridgehead atoms. The van der Waals surface area contributed by atoms with E-state index in [0.29, 0.717) is 23.8 Å². The Kier molecular flexibility index (Phi) is 5.24. The molecule has 0 radical (unpaired) electrons. The fourth-order valence-corrected chi connectivity index (χ4v) is 4.46. The zero-order valence-electron chi connectivity index (χ0n) is 15.1. The first kappa shape index (κ1) is 17.5. The van der Waals surface area contributed by atoms with E-state index >= 15 is 0 Å². The van der Waals surface area contributed by atoms with Crippen molar-refractivity contribution in [1.82, 2.24) is 25.1 Å². The summed E-state index contributed by atoms with van der Waals surface area (Å²) in [6.07, 6.45) is 10.7. The van der Waals surface area contributed by atoms with Gasteiger partial charge in [-0.2, -0.15) is 0 Å². The lowest BCUT2D eigenvalue weighted by atomic mass is 9.86. The Balaban J connectivity index is 1.42. The summed E-state index contributed by atoms with van der Waals surface area (Å²) in [5, 5.41) is 12.8. The van der Waals surface area contributed by atoms with Gasteiger partial charge in [0.05, 0.1) is 5.75 Å². The maximum atomic E-state index is 12.4. The molecule has 138 valence electrons. The van der Waals surface area contributed by atoms with E-state index in [4.69, 9.17) is 0 Å². The number of nitrogens with one attached hydrogen (secondary N) is 1. The molecule has 2 saturated carbocycles. The summed E-state index contributed by atoms with van der Waals surface area (Å²) in [6.45, 7) is 2.24. The zero-order chi connectivity index (χ0) is 17.9. The molecule has 2 heterocycles. The Morgan fingerprint density at radius 3 is 2.85 bits per heavy atom. The van der Waals surface area contributed by atoms with E-state index in [2.05, 4.69) is 32.0 Å². The third-order valence-electron chi connectivity index (χ3n) is 5.29. The second-order valence-electron chi connectivity index (χ2n) is 7.37. The van der Waals surface area contributed by atoms with Gasteiger partial charge >= 0.3 is 0 Å². The van der Waals surface area contributed by atoms with Crippen LogP contribution in [0.25, 0.3) is 11.4 Å². The van der Waals surface area contributed by atoms with Crippen LogP contribution in [0.2, 0.25) is 0 Å². The van der Waals surface area contributed by atoms with E-state index in [1.54, 1.807) is 6.20 Å². The molecule has 4 rings (SSSR count). The second-order valence-corrected chi connectivity index (χ2v) is 8.32. The molecular weight excluding hydrogens is 346 g/mol. The van der Waals surface area contributed by atoms with Crippen molar-refractivity contribution in [2.75, 3.05) is 5.75 Å². The number of carbonyl (C=O) groups excluding carboxylic acids is 1. The maximum Gasteiger partial charge on any atom is 0.230 e. The number of amides is 1. The number of thioether (sulfide) groups is 1. The van der Waals surface area contributed by atoms with Crippen LogP contribution in [-0.2, 0) is 4.79 Å². The molecule has 2 aliphatic carbocycles. The number of carbonyl (C=O) groups is 1. The fourth-order valence-electron chi connectivity index (χ4n) is 3.64. The van der Waals surface area contributed by atoms with E-state index in [1.807, 2.05) is 18.3 Å². The van der Waals surface area contributed by atoms with Crippen molar-refractivity contribution in [1.29, 1.82) is 0 Å². The predicted octanol–water partition coefficient (Wildman–Crippen LogP) is 3.46. The molecule has 1 N–H and O–H groups in total. The molecule has 0 unspecified atom stereocenters. The number of hydrogen-bond acceptors (Lipinski definition) is 5. The molecule has 2 aliphatic rings. The minimum Gasteiger partial charge on any atom is -0.352 e. The van der Waals surface area contributed by atoms with Crippen LogP contribution in [0.4, 0.5) is 0 Å². The number of aromatic nitrogens is 4. The van der Waals surface area contributed by atoms with Gasteiger partial charge in [0, 0.05) is 30.0 Å². The first-order valence-electron chi connectivity index (χ1n) is 9.50. The topological polar surface area (TPSA) is 72.7 Å². The lowest BCUT2D eigenvalue weighted by Gasteiger charge is -2.29. The molecule has 0 aliphatic heterocycles. The maximum absolute atomic E-state index is 12.4. The van der Waals surface area contributed by atoms with Gasteiger partial charge in [0.25, 0.3) is 0 Å². The quantitative estimate of drug-likeness (QED) is 0.787. The summed E-state index contributed by atoms with van der Waals surface area (Å²) < 4.78 is 2.18. The van der Waals surface area contributed by atoms with E-state index in [0.717, 1.165) is 35.8 Å². The van der Waals surface area contributed by atoms with E-state index in [-0.39, 0.29) is 5.91 Å². The van der Waals surface area contributed by atoms with Crippen molar-refractivity contribution in [2.45, 2.75) is 62.7 Å². The van der Waals surface area contributed by atoms with Crippen LogP contribution in [0.3, 0.4) is 0 Å². The average molecular weight is 372 g/mol. The molecule has 2 atom stereocenters. The minimum absolute atomic E-state index is 0.0991. The molecular formula is C19H25N5OS. The van der Waals surface area contributed by atoms with Crippen molar-refractivity contribution in [3.8, 4) is 11.4 Å². The van der Waals surface area contributed by atoms with Gasteiger partial charge in [-0.25, -0.2) is 0 Å². The van der Waals surface area contributed by atoms with Gasteiger partial charge in [-0.3, -0.25) is 14.3 Å². The van der Waals surface area contributed by atoms with Crippen LogP contribution in [0.5, 0.6) is 0 Å². The normalized spacial score (nSPS) is 23.0. The molecule has 0 spiro atoms. The lowest BCUT2D eigenvalue weighted by molar-refractivity contribution is -0.119. The number of hydrogen-bond donors (Lipinski definition) is 1. The van der Waals surface area contributed by atoms with Crippen LogP contribution in [0.1, 0.15) is 51.5 Å². The van der Waals surface area contributed by atoms with Gasteiger partial charge in [0.2, 0.25) is 5.91 Å². The minimum atomic E-state index is 0.0991. The van der Waals surface area contributed by atoms with E-state index in [9.17, 15) is 4.79 Å². The van der Waals surface area contributed by atoms with Gasteiger partial charge < -0.3 is 5.32 Å². The van der Waals surface area contributed by atoms with Crippen LogP contribution in [0, 0.1) is 5.92 Å². The first-order chi connectivity index (χ1) is 12.7. The summed E-state index contributed by atoms with van der Waals surface area (Å²) in [4.78, 5) is 16.6. The molecule has 0 saturated heterocycles. The molecule has 6 nitrogen and oxygen atoms in total. The predicted molar refractivity (Wildman–Crippen MR) is 102 cm³/mol. The fraction of sp³-hybridized carbons (Fsp3) is 0.579. The Morgan fingerprint density at radius 2 is 2.12 bits per heavy atom. The third-order valence-corrected chi connectivity index (χ3v) is 6.23. The lowest BCUT2D eigenvalue weighted by Crippen LogP contribution is -2.41. The van der Waals surface area contributed by atoms with Crippen molar-refractivity contribution in [3.63, 3.8) is 0 Å². The Hall–Kier alpha value is -1.89. The summed E-state index contributed by atoms with van der Waals surface area (Å²) >= 11 is 1.49. The molecule has 2 aromatic heterocycles. The summed E-state index contributed by atoms with van der Waals surface area (Å²) in [5.74, 6) is 1.91. The summed E-state index contributed by atoms with van der Waals surface area (Å²) in [7, 11) is 0. The van der Waals surface area contributed by atoms with Crippen LogP contribution in [0.15, 0.2) is 29.7 Å². The Bertz CT molecular complexity index is 759. The largest absolute Gasteiger partial charge is 0.352 e. The number of nitrogens with zero attached hydrogens (tertiary/aromatic N) is 4. The van der Waals surface area contributed by atoms with Gasteiger partial charge in [-0.1, -0.05) is 31.5 Å². The molecule has 26 heavy (non-hydrogen) atoms. The third kappa shape index (κ3) is 3.92. The smallest absolute Gasteiger partial charge is 0.230 e. The highest BCUT2D eigenvalue weighted by atomic mass is 32.2. The molecule has 1 amide bonds. The zero-order valence-corrected chi connectivity index (χ0v) is 15.9. The number of rotatable bonds is 6. The highest BCUT2D eigenvalue weighted by Gasteiger charge is 2.30. The second kappa shape index (κ2) is 7.78. The molecule has 0 aromatic carbocycles. The van der Waals surface area contributed by atoms with Crippen molar-refractivity contribution < 1.29 is 4.79 Å². The standard InChI is InChI=1S/C19H25N5OS/c1-13-5-2-3-7-16(13)21-17(25)12-26-19-23-22-18(24(19)15-8-9-15)14-6-4-10-20-11-14/h4,6,10-11,13,15-16H,2-3,5,7-9,12H2,1H3,(H,21,25)/t13-,16+/m0/s1. The van der Waals surface area contributed by atoms with Crippen LogP contribution < -0.4 is 5.32 Å². The highest BCUT2D eigenvalue weighted by molar-refractivity contribution is 7.99. The Labute approximate surface area is 158 Å². The average Bonchev–Trinajstić information content (AvgIpc) is 3.42. The molecule has 7 heteroatoms. The van der Waals surface area contributed by atoms with Gasteiger partial charge in [-0.05, 0) is 43.7 Å². The van der Waals surface area contributed by atoms with Crippen molar-refractivity contribution in [3.05, 3.63) is 24.5 Å². The highest BCUT2D eigenvalue weighted by Crippen LogP contribution is 2.40. The van der Waals surface area contributed by atoms with E-state index in [1.165, 1.54) is 31.0 Å². The van der Waals surface area contributed by atoms with Crippen molar-refractivity contribution >= 4 is 17.7 Å². The summed E-state index contributed by atoms with van der Waals surface area (Å²) in [5.41, 5.74) is 0.972. The SMILES string of the molecule is C[C@H]1CCCC[C@H]1NC(=O)CSc1nnc(-c2cccnc2)n1C1CC1. The monoisotopic (exact) mass is 371 g/mol. The van der Waals surface area contributed by atoms with Gasteiger partial charge in [0.1, 0.15) is 0 Å². The summed E-state index contributed by atoms with van der Waals surface area (Å²) in [6, 6.07) is 4.68. The van der Waals surface area contributed by atoms with Gasteiger partial charge in [0.15, 0.2) is 11.0 Å². The first-order valence-corrected chi connectivity index (χ1v) is 10.5. The number of pyridine rings is 1. The van der Waals surface area contributed by atoms with E-state index < -0.39 is 0 Å². The van der Waals surface area contributed by atoms with Crippen LogP contribution in [-0.4, -0.2) is 37.5 Å². The van der Waals surface area contributed by atoms with Crippen molar-refractivity contribution in [2.24, 2.45) is 5.92 Å².